The number of aliphatic hydroxyl groups is 2. The van der Waals surface area contributed by atoms with Crippen molar-refractivity contribution in [2.45, 2.75) is 32.0 Å². The molecule has 142 valence electrons. The Morgan fingerprint density at radius 3 is 1.25 bits per heavy atom. The van der Waals surface area contributed by atoms with E-state index in [9.17, 15) is 10.2 Å². The average molecular weight is 370 g/mol. The van der Waals surface area contributed by atoms with Crippen molar-refractivity contribution in [3.63, 3.8) is 0 Å². The molecule has 1 unspecified atom stereocenters. The molecule has 28 heavy (non-hydrogen) atoms. The molecule has 2 nitrogen and oxygen atoms in total. The number of rotatable bonds is 3. The first-order chi connectivity index (χ1) is 13.3. The van der Waals surface area contributed by atoms with Crippen LogP contribution in [0, 0.1) is 17.3 Å². The maximum atomic E-state index is 11.6. The fraction of sp³-hybridized carbons (Fsp3) is 0.231. The zero-order chi connectivity index (χ0) is 20.3. The van der Waals surface area contributed by atoms with Gasteiger partial charge in [-0.25, -0.2) is 0 Å². The van der Waals surface area contributed by atoms with Crippen LogP contribution in [0.25, 0.3) is 0 Å². The summed E-state index contributed by atoms with van der Waals surface area (Å²) in [5, 5.41) is 23.2. The molecule has 0 aliphatic rings. The molecule has 2 heteroatoms. The predicted octanol–water partition coefficient (Wildman–Crippen LogP) is 4.86. The van der Waals surface area contributed by atoms with Gasteiger partial charge < -0.3 is 10.2 Å². The third kappa shape index (κ3) is 3.73. The van der Waals surface area contributed by atoms with Gasteiger partial charge in [0.1, 0.15) is 0 Å². The van der Waals surface area contributed by atoms with Gasteiger partial charge in [-0.05, 0) is 5.56 Å². The number of benzene rings is 3. The van der Waals surface area contributed by atoms with Gasteiger partial charge in [0, 0.05) is 16.5 Å². The molecule has 0 spiro atoms. The van der Waals surface area contributed by atoms with E-state index in [-0.39, 0.29) is 0 Å². The van der Waals surface area contributed by atoms with E-state index in [0.717, 1.165) is 0 Å². The Hall–Kier alpha value is -2.86. The molecule has 1 atom stereocenters. The van der Waals surface area contributed by atoms with Crippen molar-refractivity contribution in [2.24, 2.45) is 5.41 Å². The maximum absolute atomic E-state index is 11.6. The van der Waals surface area contributed by atoms with E-state index in [4.69, 9.17) is 0 Å². The molecule has 0 aliphatic carbocycles. The van der Waals surface area contributed by atoms with Gasteiger partial charge in [0.15, 0.2) is 11.2 Å². The Morgan fingerprint density at radius 1 is 0.536 bits per heavy atom. The first-order valence-electron chi connectivity index (χ1n) is 9.43. The van der Waals surface area contributed by atoms with Crippen LogP contribution in [0.3, 0.4) is 0 Å². The van der Waals surface area contributed by atoms with E-state index in [2.05, 4.69) is 11.8 Å². The van der Waals surface area contributed by atoms with Crippen LogP contribution in [0.5, 0.6) is 0 Å². The first-order valence-corrected chi connectivity index (χ1v) is 9.43. The minimum Gasteiger partial charge on any atom is -0.373 e. The van der Waals surface area contributed by atoms with Crippen LogP contribution in [0.4, 0.5) is 0 Å². The minimum absolute atomic E-state index is 0.560. The lowest BCUT2D eigenvalue weighted by Crippen LogP contribution is -2.39. The van der Waals surface area contributed by atoms with E-state index in [1.54, 1.807) is 0 Å². The number of hydrogen-bond acceptors (Lipinski definition) is 2. The van der Waals surface area contributed by atoms with E-state index in [1.165, 1.54) is 0 Å². The van der Waals surface area contributed by atoms with E-state index < -0.39 is 16.6 Å². The quantitative estimate of drug-likeness (QED) is 0.647. The topological polar surface area (TPSA) is 40.5 Å². The fourth-order valence-electron chi connectivity index (χ4n) is 3.22. The third-order valence-corrected chi connectivity index (χ3v) is 5.08. The van der Waals surface area contributed by atoms with E-state index in [1.807, 2.05) is 112 Å². The molecule has 0 amide bonds. The summed E-state index contributed by atoms with van der Waals surface area (Å²) in [4.78, 5) is 0. The highest BCUT2D eigenvalue weighted by Gasteiger charge is 2.41. The van der Waals surface area contributed by atoms with Gasteiger partial charge in [-0.2, -0.15) is 0 Å². The molecule has 0 aromatic heterocycles. The fourth-order valence-corrected chi connectivity index (χ4v) is 3.22. The average Bonchev–Trinajstić information content (AvgIpc) is 2.73. The van der Waals surface area contributed by atoms with Gasteiger partial charge in [0.2, 0.25) is 0 Å². The Kier molecular flexibility index (Phi) is 5.42. The first kappa shape index (κ1) is 19.9. The van der Waals surface area contributed by atoms with Gasteiger partial charge in [0.25, 0.3) is 0 Å². The zero-order valence-corrected chi connectivity index (χ0v) is 16.6. The Balaban J connectivity index is 2.20. The summed E-state index contributed by atoms with van der Waals surface area (Å²) in [7, 11) is 0. The Bertz CT molecular complexity index is 921. The van der Waals surface area contributed by atoms with Gasteiger partial charge in [-0.1, -0.05) is 124 Å². The maximum Gasteiger partial charge on any atom is 0.176 e. The Labute approximate surface area is 167 Å². The SMILES string of the molecule is CC(C)(C)C(O)(C#CC(O)(c1ccccc1)c1ccccc1)c1ccccc1. The molecule has 0 saturated heterocycles. The second-order valence-corrected chi connectivity index (χ2v) is 8.02. The van der Waals surface area contributed by atoms with Crippen molar-refractivity contribution in [1.29, 1.82) is 0 Å². The summed E-state index contributed by atoms with van der Waals surface area (Å²) >= 11 is 0. The van der Waals surface area contributed by atoms with Gasteiger partial charge in [-0.15, -0.1) is 0 Å². The summed E-state index contributed by atoms with van der Waals surface area (Å²) in [6.45, 7) is 5.83. The highest BCUT2D eigenvalue weighted by atomic mass is 16.3. The highest BCUT2D eigenvalue weighted by Crippen LogP contribution is 2.39. The highest BCUT2D eigenvalue weighted by molar-refractivity contribution is 5.46. The van der Waals surface area contributed by atoms with Crippen LogP contribution < -0.4 is 0 Å². The standard InChI is InChI=1S/C26H26O2/c1-24(2,3)26(28,23-17-11-6-12-18-23)20-19-25(27,21-13-7-4-8-14-21)22-15-9-5-10-16-22/h4-18,27-28H,1-3H3. The lowest BCUT2D eigenvalue weighted by Gasteiger charge is -2.37. The lowest BCUT2D eigenvalue weighted by atomic mass is 9.72. The van der Waals surface area contributed by atoms with Gasteiger partial charge >= 0.3 is 0 Å². The van der Waals surface area contributed by atoms with Crippen LogP contribution in [-0.2, 0) is 11.2 Å². The van der Waals surface area contributed by atoms with E-state index >= 15 is 0 Å². The summed E-state index contributed by atoms with van der Waals surface area (Å²) < 4.78 is 0. The second-order valence-electron chi connectivity index (χ2n) is 8.02. The molecular formula is C26H26O2. The van der Waals surface area contributed by atoms with E-state index in [0.29, 0.717) is 16.7 Å². The lowest BCUT2D eigenvalue weighted by molar-refractivity contribution is -0.00974. The summed E-state index contributed by atoms with van der Waals surface area (Å²) in [6.07, 6.45) is 0. The molecule has 0 fully saturated rings. The molecule has 0 aliphatic heterocycles. The molecule has 0 radical (unpaired) electrons. The predicted molar refractivity (Wildman–Crippen MR) is 113 cm³/mol. The molecule has 3 aromatic rings. The van der Waals surface area contributed by atoms with Gasteiger partial charge in [0.05, 0.1) is 0 Å². The summed E-state index contributed by atoms with van der Waals surface area (Å²) in [5.74, 6) is 6.08. The van der Waals surface area contributed by atoms with Gasteiger partial charge in [-0.3, -0.25) is 0 Å². The molecule has 0 heterocycles. The second kappa shape index (κ2) is 7.64. The molecule has 3 rings (SSSR count). The molecular weight excluding hydrogens is 344 g/mol. The smallest absolute Gasteiger partial charge is 0.176 e. The van der Waals surface area contributed by atoms with Crippen molar-refractivity contribution < 1.29 is 10.2 Å². The van der Waals surface area contributed by atoms with Crippen LogP contribution in [0.1, 0.15) is 37.5 Å². The minimum atomic E-state index is -1.53. The van der Waals surface area contributed by atoms with Crippen molar-refractivity contribution in [1.82, 2.24) is 0 Å². The van der Waals surface area contributed by atoms with Crippen LogP contribution in [0.2, 0.25) is 0 Å². The number of hydrogen-bond donors (Lipinski definition) is 2. The molecule has 0 saturated carbocycles. The molecule has 3 aromatic carbocycles. The van der Waals surface area contributed by atoms with Crippen molar-refractivity contribution in [3.05, 3.63) is 108 Å². The third-order valence-electron chi connectivity index (χ3n) is 5.08. The zero-order valence-electron chi connectivity index (χ0n) is 16.6. The normalized spacial score (nSPS) is 13.9. The largest absolute Gasteiger partial charge is 0.373 e. The molecule has 0 bridgehead atoms. The van der Waals surface area contributed by atoms with Crippen LogP contribution >= 0.6 is 0 Å². The van der Waals surface area contributed by atoms with Crippen LogP contribution in [-0.4, -0.2) is 10.2 Å². The monoisotopic (exact) mass is 370 g/mol. The summed E-state index contributed by atoms with van der Waals surface area (Å²) in [6, 6.07) is 28.1. The Morgan fingerprint density at radius 2 is 0.893 bits per heavy atom. The van der Waals surface area contributed by atoms with Crippen molar-refractivity contribution >= 4 is 0 Å². The van der Waals surface area contributed by atoms with Crippen molar-refractivity contribution in [3.8, 4) is 11.8 Å². The van der Waals surface area contributed by atoms with Crippen LogP contribution in [0.15, 0.2) is 91.0 Å². The molecule has 2 N–H and O–H groups in total. The van der Waals surface area contributed by atoms with Crippen molar-refractivity contribution in [2.75, 3.05) is 0 Å². The summed E-state index contributed by atoms with van der Waals surface area (Å²) in [5.41, 5.74) is -1.48.